The van der Waals surface area contributed by atoms with Crippen molar-refractivity contribution in [3.63, 3.8) is 0 Å². The number of hydrogen-bond donors (Lipinski definition) is 2. The van der Waals surface area contributed by atoms with Crippen molar-refractivity contribution >= 4 is 34.3 Å². The van der Waals surface area contributed by atoms with Gasteiger partial charge in [0.2, 0.25) is 0 Å². The Kier molecular flexibility index (Phi) is 6.92. The van der Waals surface area contributed by atoms with E-state index in [1.165, 1.54) is 24.3 Å². The molecule has 1 aromatic heterocycles. The van der Waals surface area contributed by atoms with Crippen molar-refractivity contribution < 1.29 is 27.9 Å². The summed E-state index contributed by atoms with van der Waals surface area (Å²) in [6.07, 6.45) is 3.47. The van der Waals surface area contributed by atoms with E-state index in [0.717, 1.165) is 0 Å². The zero-order valence-corrected chi connectivity index (χ0v) is 16.8. The molecule has 0 saturated carbocycles. The molecular weight excluding hydrogens is 410 g/mol. The first kappa shape index (κ1) is 21.2. The Bertz CT molecular complexity index is 1040. The molecule has 5 nitrogen and oxygen atoms in total. The maximum atomic E-state index is 12.4. The summed E-state index contributed by atoms with van der Waals surface area (Å²) in [6, 6.07) is 18.3. The number of hydrogen-bond acceptors (Lipinski definition) is 4. The van der Waals surface area contributed by atoms with Gasteiger partial charge in [-0.15, -0.1) is 0 Å². The molecule has 0 aliphatic carbocycles. The summed E-state index contributed by atoms with van der Waals surface area (Å²) in [5.41, 5.74) is 1.38. The van der Waals surface area contributed by atoms with Crippen LogP contribution in [0.2, 0.25) is 0 Å². The highest BCUT2D eigenvalue weighted by Gasteiger charge is 2.24. The first-order valence-electron chi connectivity index (χ1n) is 8.88. The van der Waals surface area contributed by atoms with Gasteiger partial charge in [0.15, 0.2) is 23.1 Å². The first-order valence-corrected chi connectivity index (χ1v) is 9.29. The van der Waals surface area contributed by atoms with E-state index in [4.69, 9.17) is 17.0 Å². The fourth-order valence-corrected chi connectivity index (χ4v) is 3.04. The Morgan fingerprint density at radius 2 is 1.70 bits per heavy atom. The maximum Gasteiger partial charge on any atom is 0.387 e. The molecule has 8 heteroatoms. The minimum absolute atomic E-state index is 0.00690. The number of anilines is 1. The Hall–Kier alpha value is -3.52. The Morgan fingerprint density at radius 3 is 2.33 bits per heavy atom. The molecule has 2 aromatic carbocycles. The van der Waals surface area contributed by atoms with Gasteiger partial charge in [-0.2, -0.15) is 13.3 Å². The first-order chi connectivity index (χ1) is 14.5. The van der Waals surface area contributed by atoms with Crippen LogP contribution < -0.4 is 19.4 Å². The van der Waals surface area contributed by atoms with Crippen molar-refractivity contribution in [1.82, 2.24) is 0 Å². The van der Waals surface area contributed by atoms with Gasteiger partial charge >= 0.3 is 6.61 Å². The summed E-state index contributed by atoms with van der Waals surface area (Å²) >= 11 is 5.56. The van der Waals surface area contributed by atoms with Gasteiger partial charge in [-0.25, -0.2) is 0 Å². The smallest absolute Gasteiger partial charge is 0.387 e. The number of alkyl halides is 2. The molecule has 30 heavy (non-hydrogen) atoms. The molecule has 0 aliphatic rings. The van der Waals surface area contributed by atoms with Crippen LogP contribution in [0.15, 0.2) is 79.1 Å². The maximum absolute atomic E-state index is 12.4. The van der Waals surface area contributed by atoms with E-state index in [9.17, 15) is 13.9 Å². The standard InChI is InChI=1S/C22H18F2N2O3S/c1-28-18-7-5-6-16(14-18)25-21(30)19(26-12-3-2-4-13-26)20(27)15-8-10-17(11-9-15)29-22(23)24/h2-14,22H,1H3,(H-,25,27,30)/p+1. The van der Waals surface area contributed by atoms with Crippen LogP contribution in [0.3, 0.4) is 0 Å². The van der Waals surface area contributed by atoms with Crippen LogP contribution in [-0.4, -0.2) is 23.8 Å². The normalized spacial score (nSPS) is 11.6. The lowest BCUT2D eigenvalue weighted by atomic mass is 10.1. The second-order valence-corrected chi connectivity index (χ2v) is 6.48. The number of pyridine rings is 1. The third-order valence-electron chi connectivity index (χ3n) is 4.09. The van der Waals surface area contributed by atoms with Gasteiger partial charge in [-0.1, -0.05) is 24.4 Å². The van der Waals surface area contributed by atoms with Gasteiger partial charge in [0.25, 0.3) is 5.70 Å². The Labute approximate surface area is 177 Å². The molecule has 0 aliphatic heterocycles. The van der Waals surface area contributed by atoms with E-state index in [1.54, 1.807) is 48.3 Å². The van der Waals surface area contributed by atoms with E-state index < -0.39 is 6.61 Å². The van der Waals surface area contributed by atoms with Crippen molar-refractivity contribution in [2.75, 3.05) is 12.4 Å². The molecule has 0 unspecified atom stereocenters. The summed E-state index contributed by atoms with van der Waals surface area (Å²) in [7, 11) is 1.57. The minimum atomic E-state index is -2.92. The van der Waals surface area contributed by atoms with Gasteiger partial charge in [-0.05, 0) is 36.4 Å². The van der Waals surface area contributed by atoms with E-state index in [0.29, 0.717) is 22.7 Å². The summed E-state index contributed by atoms with van der Waals surface area (Å²) in [4.78, 5) is 0.255. The number of aromatic nitrogens is 1. The summed E-state index contributed by atoms with van der Waals surface area (Å²) in [5, 5.41) is 14.1. The van der Waals surface area contributed by atoms with E-state index in [1.807, 2.05) is 18.2 Å². The monoisotopic (exact) mass is 429 g/mol. The molecular formula is C22H19F2N2O3S+. The average molecular weight is 429 g/mol. The molecule has 0 atom stereocenters. The number of nitrogens with one attached hydrogen (secondary N) is 1. The minimum Gasteiger partial charge on any atom is -0.502 e. The third-order valence-corrected chi connectivity index (χ3v) is 4.39. The summed E-state index contributed by atoms with van der Waals surface area (Å²) < 4.78 is 36.0. The second kappa shape index (κ2) is 9.80. The molecule has 0 saturated heterocycles. The van der Waals surface area contributed by atoms with Crippen molar-refractivity contribution in [3.8, 4) is 11.5 Å². The van der Waals surface area contributed by atoms with Crippen LogP contribution in [0.25, 0.3) is 11.5 Å². The van der Waals surface area contributed by atoms with Crippen LogP contribution in [0.5, 0.6) is 11.5 Å². The number of rotatable bonds is 7. The zero-order valence-electron chi connectivity index (χ0n) is 16.0. The van der Waals surface area contributed by atoms with Crippen LogP contribution in [0.1, 0.15) is 5.56 Å². The van der Waals surface area contributed by atoms with Crippen LogP contribution in [0, 0.1) is 0 Å². The van der Waals surface area contributed by atoms with Crippen molar-refractivity contribution in [2.24, 2.45) is 0 Å². The number of halogens is 2. The van der Waals surface area contributed by atoms with Crippen LogP contribution in [0.4, 0.5) is 14.5 Å². The van der Waals surface area contributed by atoms with Crippen LogP contribution >= 0.6 is 12.2 Å². The van der Waals surface area contributed by atoms with Gasteiger partial charge in [0.05, 0.1) is 7.11 Å². The van der Waals surface area contributed by atoms with Crippen molar-refractivity contribution in [1.29, 1.82) is 0 Å². The summed E-state index contributed by atoms with van der Waals surface area (Å²) in [6.45, 7) is -2.92. The van der Waals surface area contributed by atoms with E-state index in [2.05, 4.69) is 10.1 Å². The Morgan fingerprint density at radius 1 is 1.00 bits per heavy atom. The summed E-state index contributed by atoms with van der Waals surface area (Å²) in [5.74, 6) is 0.516. The van der Waals surface area contributed by atoms with Gasteiger partial charge in [-0.3, -0.25) is 0 Å². The number of benzene rings is 2. The molecule has 154 valence electrons. The number of methoxy groups -OCH3 is 1. The number of thiocarbonyl (C=S) groups is 1. The predicted molar refractivity (Wildman–Crippen MR) is 115 cm³/mol. The predicted octanol–water partition coefficient (Wildman–Crippen LogP) is 4.91. The third kappa shape index (κ3) is 5.30. The second-order valence-electron chi connectivity index (χ2n) is 6.07. The van der Waals surface area contributed by atoms with E-state index in [-0.39, 0.29) is 16.5 Å². The molecule has 3 rings (SSSR count). The fourth-order valence-electron chi connectivity index (χ4n) is 2.72. The highest BCUT2D eigenvalue weighted by molar-refractivity contribution is 7.81. The molecule has 0 bridgehead atoms. The lowest BCUT2D eigenvalue weighted by Gasteiger charge is -2.11. The van der Waals surface area contributed by atoms with Crippen molar-refractivity contribution in [3.05, 3.63) is 84.7 Å². The molecule has 0 radical (unpaired) electrons. The topological polar surface area (TPSA) is 54.6 Å². The Balaban J connectivity index is 1.98. The lowest BCUT2D eigenvalue weighted by molar-refractivity contribution is -0.575. The van der Waals surface area contributed by atoms with Crippen molar-refractivity contribution in [2.45, 2.75) is 6.61 Å². The SMILES string of the molecule is COc1cccc(NC(=S)/C(=C(/O)c2ccc(OC(F)F)cc2)[n+]2ccccc2)c1. The van der Waals surface area contributed by atoms with E-state index >= 15 is 0 Å². The largest absolute Gasteiger partial charge is 0.502 e. The molecule has 2 N–H and O–H groups in total. The lowest BCUT2D eigenvalue weighted by Crippen LogP contribution is -2.38. The average Bonchev–Trinajstić information content (AvgIpc) is 2.75. The highest BCUT2D eigenvalue weighted by Crippen LogP contribution is 2.23. The zero-order chi connectivity index (χ0) is 21.5. The highest BCUT2D eigenvalue weighted by atomic mass is 32.1. The van der Waals surface area contributed by atoms with Gasteiger partial charge in [0, 0.05) is 29.4 Å². The number of ether oxygens (including phenoxy) is 2. The van der Waals surface area contributed by atoms with Crippen LogP contribution in [-0.2, 0) is 0 Å². The molecule has 0 amide bonds. The molecule has 0 spiro atoms. The number of aliphatic hydroxyl groups is 1. The number of nitrogens with zero attached hydrogens (tertiary/aromatic N) is 1. The number of aliphatic hydroxyl groups excluding tert-OH is 1. The fraction of sp³-hybridized carbons (Fsp3) is 0.0909. The molecule has 1 heterocycles. The quantitative estimate of drug-likeness (QED) is 0.242. The van der Waals surface area contributed by atoms with Gasteiger partial charge < -0.3 is 19.9 Å². The van der Waals surface area contributed by atoms with Gasteiger partial charge in [0.1, 0.15) is 11.5 Å². The molecule has 3 aromatic rings. The molecule has 0 fully saturated rings.